The van der Waals surface area contributed by atoms with Crippen LogP contribution in [0.15, 0.2) is 59.7 Å². The van der Waals surface area contributed by atoms with Crippen LogP contribution in [0.1, 0.15) is 37.3 Å². The van der Waals surface area contributed by atoms with Gasteiger partial charge >= 0.3 is 0 Å². The molecule has 0 atom stereocenters. The van der Waals surface area contributed by atoms with Crippen molar-refractivity contribution in [3.8, 4) is 5.75 Å². The van der Waals surface area contributed by atoms with Crippen LogP contribution in [0.5, 0.6) is 5.75 Å². The van der Waals surface area contributed by atoms with Gasteiger partial charge in [0.15, 0.2) is 6.61 Å². The Kier molecular flexibility index (Phi) is 7.02. The largest absolute Gasteiger partial charge is 0.483 e. The Morgan fingerprint density at radius 1 is 1.12 bits per heavy atom. The maximum atomic E-state index is 11.8. The van der Waals surface area contributed by atoms with Gasteiger partial charge < -0.3 is 4.74 Å². The second-order valence-corrected chi connectivity index (χ2v) is 5.85. The standard InChI is InChI=1S/C20H24N2O2/c1-16(2)18-12-6-7-13-19(18)24-15-20(23)22-21-14-8-11-17-9-4-3-5-10-17/h3-7,9-10,12-14,16H,8,11,15H2,1-2H3,(H,22,23)/b21-14+. The van der Waals surface area contributed by atoms with Crippen LogP contribution in [-0.4, -0.2) is 18.7 Å². The Hall–Kier alpha value is -2.62. The number of benzene rings is 2. The number of aryl methyl sites for hydroxylation is 1. The molecular weight excluding hydrogens is 300 g/mol. The number of hydrogen-bond acceptors (Lipinski definition) is 3. The van der Waals surface area contributed by atoms with Crippen molar-refractivity contribution in [1.82, 2.24) is 5.43 Å². The van der Waals surface area contributed by atoms with Gasteiger partial charge in [-0.05, 0) is 36.0 Å². The average molecular weight is 324 g/mol. The van der Waals surface area contributed by atoms with Crippen LogP contribution >= 0.6 is 0 Å². The highest BCUT2D eigenvalue weighted by Crippen LogP contribution is 2.25. The normalized spacial score (nSPS) is 11.0. The van der Waals surface area contributed by atoms with Crippen LogP contribution in [0.4, 0.5) is 0 Å². The third-order valence-corrected chi connectivity index (χ3v) is 3.59. The summed E-state index contributed by atoms with van der Waals surface area (Å²) in [5.74, 6) is 0.834. The summed E-state index contributed by atoms with van der Waals surface area (Å²) < 4.78 is 5.60. The second-order valence-electron chi connectivity index (χ2n) is 5.85. The lowest BCUT2D eigenvalue weighted by molar-refractivity contribution is -0.123. The first-order chi connectivity index (χ1) is 11.7. The third kappa shape index (κ3) is 5.88. The van der Waals surface area contributed by atoms with E-state index >= 15 is 0 Å². The molecule has 24 heavy (non-hydrogen) atoms. The smallest absolute Gasteiger partial charge is 0.277 e. The molecule has 4 nitrogen and oxygen atoms in total. The fourth-order valence-electron chi connectivity index (χ4n) is 2.32. The Bertz CT molecular complexity index is 666. The highest BCUT2D eigenvalue weighted by atomic mass is 16.5. The molecule has 1 N–H and O–H groups in total. The highest BCUT2D eigenvalue weighted by Gasteiger charge is 2.08. The maximum Gasteiger partial charge on any atom is 0.277 e. The SMILES string of the molecule is CC(C)c1ccccc1OCC(=O)N/N=C/CCc1ccccc1. The molecule has 126 valence electrons. The molecule has 0 bridgehead atoms. The van der Waals surface area contributed by atoms with Crippen molar-refractivity contribution in [3.05, 3.63) is 65.7 Å². The van der Waals surface area contributed by atoms with E-state index in [1.54, 1.807) is 6.21 Å². The number of ether oxygens (including phenoxy) is 1. The highest BCUT2D eigenvalue weighted by molar-refractivity contribution is 5.78. The van der Waals surface area contributed by atoms with E-state index in [4.69, 9.17) is 4.74 Å². The fraction of sp³-hybridized carbons (Fsp3) is 0.300. The van der Waals surface area contributed by atoms with Crippen LogP contribution < -0.4 is 10.2 Å². The van der Waals surface area contributed by atoms with E-state index in [2.05, 4.69) is 36.5 Å². The molecule has 0 spiro atoms. The number of amides is 1. The van der Waals surface area contributed by atoms with Gasteiger partial charge in [0, 0.05) is 6.21 Å². The van der Waals surface area contributed by atoms with Crippen LogP contribution in [0.25, 0.3) is 0 Å². The van der Waals surface area contributed by atoms with Crippen molar-refractivity contribution in [3.63, 3.8) is 0 Å². The van der Waals surface area contributed by atoms with Gasteiger partial charge in [-0.15, -0.1) is 0 Å². The molecule has 0 fully saturated rings. The first-order valence-corrected chi connectivity index (χ1v) is 8.23. The van der Waals surface area contributed by atoms with Crippen LogP contribution in [0.2, 0.25) is 0 Å². The van der Waals surface area contributed by atoms with Gasteiger partial charge in [-0.2, -0.15) is 5.10 Å². The molecule has 0 heterocycles. The summed E-state index contributed by atoms with van der Waals surface area (Å²) in [6, 6.07) is 17.9. The number of nitrogens with one attached hydrogen (secondary N) is 1. The molecule has 0 aliphatic carbocycles. The lowest BCUT2D eigenvalue weighted by atomic mass is 10.0. The molecule has 2 aromatic carbocycles. The average Bonchev–Trinajstić information content (AvgIpc) is 2.60. The Morgan fingerprint density at radius 2 is 1.83 bits per heavy atom. The van der Waals surface area contributed by atoms with Crippen LogP contribution in [0.3, 0.4) is 0 Å². The number of hydrogen-bond donors (Lipinski definition) is 1. The van der Waals surface area contributed by atoms with Crippen molar-refractivity contribution >= 4 is 12.1 Å². The van der Waals surface area contributed by atoms with Gasteiger partial charge in [0.2, 0.25) is 0 Å². The monoisotopic (exact) mass is 324 g/mol. The summed E-state index contributed by atoms with van der Waals surface area (Å²) in [7, 11) is 0. The van der Waals surface area contributed by atoms with Gasteiger partial charge in [0.25, 0.3) is 5.91 Å². The molecule has 2 rings (SSSR count). The molecule has 0 aliphatic heterocycles. The predicted molar refractivity (Wildman–Crippen MR) is 97.4 cm³/mol. The second kappa shape index (κ2) is 9.50. The maximum absolute atomic E-state index is 11.8. The van der Waals surface area contributed by atoms with E-state index in [0.29, 0.717) is 5.92 Å². The predicted octanol–water partition coefficient (Wildman–Crippen LogP) is 3.92. The van der Waals surface area contributed by atoms with E-state index < -0.39 is 0 Å². The van der Waals surface area contributed by atoms with Crippen LogP contribution in [0, 0.1) is 0 Å². The van der Waals surface area contributed by atoms with Gasteiger partial charge in [0.1, 0.15) is 5.75 Å². The number of carbonyl (C=O) groups is 1. The van der Waals surface area contributed by atoms with E-state index in [-0.39, 0.29) is 12.5 Å². The zero-order chi connectivity index (χ0) is 17.2. The summed E-state index contributed by atoms with van der Waals surface area (Å²) in [5, 5.41) is 3.95. The number of carbonyl (C=O) groups excluding carboxylic acids is 1. The lowest BCUT2D eigenvalue weighted by Crippen LogP contribution is -2.24. The molecular formula is C20H24N2O2. The first kappa shape index (κ1) is 17.7. The Morgan fingerprint density at radius 3 is 2.58 bits per heavy atom. The minimum Gasteiger partial charge on any atom is -0.483 e. The zero-order valence-electron chi connectivity index (χ0n) is 14.2. The third-order valence-electron chi connectivity index (χ3n) is 3.59. The molecule has 2 aromatic rings. The zero-order valence-corrected chi connectivity index (χ0v) is 14.2. The van der Waals surface area contributed by atoms with Crippen molar-refractivity contribution in [2.75, 3.05) is 6.61 Å². The summed E-state index contributed by atoms with van der Waals surface area (Å²) >= 11 is 0. The molecule has 4 heteroatoms. The minimum atomic E-state index is -0.260. The molecule has 0 saturated heterocycles. The molecule has 0 aliphatic rings. The van der Waals surface area contributed by atoms with Crippen LogP contribution in [-0.2, 0) is 11.2 Å². The summed E-state index contributed by atoms with van der Waals surface area (Å²) in [6.45, 7) is 4.15. The van der Waals surface area contributed by atoms with Crippen molar-refractivity contribution in [2.45, 2.75) is 32.6 Å². The van der Waals surface area contributed by atoms with Crippen molar-refractivity contribution in [1.29, 1.82) is 0 Å². The topological polar surface area (TPSA) is 50.7 Å². The van der Waals surface area contributed by atoms with E-state index in [1.165, 1.54) is 5.56 Å². The van der Waals surface area contributed by atoms with Gasteiger partial charge in [-0.25, -0.2) is 5.43 Å². The number of para-hydroxylation sites is 1. The van der Waals surface area contributed by atoms with Gasteiger partial charge in [0.05, 0.1) is 0 Å². The van der Waals surface area contributed by atoms with Crippen molar-refractivity contribution in [2.24, 2.45) is 5.10 Å². The fourth-order valence-corrected chi connectivity index (χ4v) is 2.32. The van der Waals surface area contributed by atoms with Gasteiger partial charge in [-0.1, -0.05) is 62.4 Å². The number of nitrogens with zero attached hydrogens (tertiary/aromatic N) is 1. The quantitative estimate of drug-likeness (QED) is 0.591. The molecule has 0 saturated carbocycles. The summed E-state index contributed by atoms with van der Waals surface area (Å²) in [5.41, 5.74) is 4.84. The number of hydrazone groups is 1. The number of rotatable bonds is 8. The Balaban J connectivity index is 1.71. The molecule has 0 radical (unpaired) electrons. The van der Waals surface area contributed by atoms with E-state index in [0.717, 1.165) is 24.2 Å². The van der Waals surface area contributed by atoms with E-state index in [1.807, 2.05) is 42.5 Å². The summed E-state index contributed by atoms with van der Waals surface area (Å²) in [4.78, 5) is 11.8. The molecule has 0 aromatic heterocycles. The van der Waals surface area contributed by atoms with E-state index in [9.17, 15) is 4.79 Å². The molecule has 0 unspecified atom stereocenters. The Labute approximate surface area is 143 Å². The van der Waals surface area contributed by atoms with Gasteiger partial charge in [-0.3, -0.25) is 4.79 Å². The lowest BCUT2D eigenvalue weighted by Gasteiger charge is -2.12. The summed E-state index contributed by atoms with van der Waals surface area (Å²) in [6.07, 6.45) is 3.40. The first-order valence-electron chi connectivity index (χ1n) is 8.23. The minimum absolute atomic E-state index is 0.0419. The molecule has 1 amide bonds. The van der Waals surface area contributed by atoms with Crippen molar-refractivity contribution < 1.29 is 9.53 Å².